The molecule has 2 fully saturated rings. The molecule has 1 aromatic carbocycles. The van der Waals surface area contributed by atoms with Crippen molar-refractivity contribution in [2.24, 2.45) is 17.3 Å². The molecule has 0 aromatic heterocycles. The summed E-state index contributed by atoms with van der Waals surface area (Å²) in [6.45, 7) is 12.2. The smallest absolute Gasteiger partial charge is 0.115 e. The van der Waals surface area contributed by atoms with Gasteiger partial charge in [-0.3, -0.25) is 4.90 Å². The van der Waals surface area contributed by atoms with Crippen LogP contribution in [0.4, 0.5) is 0 Å². The van der Waals surface area contributed by atoms with E-state index < -0.39 is 0 Å². The van der Waals surface area contributed by atoms with E-state index in [2.05, 4.69) is 44.7 Å². The molecule has 1 saturated heterocycles. The van der Waals surface area contributed by atoms with E-state index in [0.29, 0.717) is 17.2 Å². The van der Waals surface area contributed by atoms with Crippen LogP contribution in [0.2, 0.25) is 0 Å². The first-order chi connectivity index (χ1) is 10.9. The molecule has 1 heterocycles. The van der Waals surface area contributed by atoms with Gasteiger partial charge in [-0.1, -0.05) is 26.8 Å². The number of benzene rings is 1. The van der Waals surface area contributed by atoms with Crippen molar-refractivity contribution in [3.63, 3.8) is 0 Å². The summed E-state index contributed by atoms with van der Waals surface area (Å²) in [5.41, 5.74) is 3.59. The van der Waals surface area contributed by atoms with Gasteiger partial charge in [-0.2, -0.15) is 0 Å². The molecule has 5 atom stereocenters. The molecule has 2 aliphatic carbocycles. The van der Waals surface area contributed by atoms with Gasteiger partial charge in [-0.25, -0.2) is 0 Å². The number of hydrogen-bond donors (Lipinski definition) is 1. The molecule has 1 aliphatic heterocycles. The standard InChI is InChI=1S/C21H31NO/c1-5-8-22-13-17-9-16-6-7-18(23)10-19(16)21(17)12-14(2)11-20(21,4)15(22)3/h6-7,10,14-15,17,23H,5,8-9,11-13H2,1-4H3/t14-,15?,17?,20?,21?/m0/s1. The van der Waals surface area contributed by atoms with E-state index >= 15 is 0 Å². The highest BCUT2D eigenvalue weighted by atomic mass is 16.3. The summed E-state index contributed by atoms with van der Waals surface area (Å²) in [5.74, 6) is 1.95. The van der Waals surface area contributed by atoms with Gasteiger partial charge in [-0.15, -0.1) is 0 Å². The molecule has 126 valence electrons. The second-order valence-electron chi connectivity index (χ2n) is 8.82. The molecule has 4 unspecified atom stereocenters. The first kappa shape index (κ1) is 15.5. The first-order valence-corrected chi connectivity index (χ1v) is 9.49. The Morgan fingerprint density at radius 2 is 2.04 bits per heavy atom. The van der Waals surface area contributed by atoms with Crippen LogP contribution in [0.15, 0.2) is 18.2 Å². The van der Waals surface area contributed by atoms with Crippen LogP contribution in [0.5, 0.6) is 5.75 Å². The molecular weight excluding hydrogens is 282 g/mol. The van der Waals surface area contributed by atoms with Gasteiger partial charge in [0.05, 0.1) is 0 Å². The summed E-state index contributed by atoms with van der Waals surface area (Å²) >= 11 is 0. The Balaban J connectivity index is 1.88. The lowest BCUT2D eigenvalue weighted by atomic mass is 9.54. The minimum atomic E-state index is 0.282. The summed E-state index contributed by atoms with van der Waals surface area (Å²) in [7, 11) is 0. The molecule has 2 heteroatoms. The first-order valence-electron chi connectivity index (χ1n) is 9.49. The molecule has 23 heavy (non-hydrogen) atoms. The zero-order valence-corrected chi connectivity index (χ0v) is 15.1. The third-order valence-corrected chi connectivity index (χ3v) is 7.63. The van der Waals surface area contributed by atoms with Gasteiger partial charge < -0.3 is 5.11 Å². The van der Waals surface area contributed by atoms with E-state index in [4.69, 9.17) is 0 Å². The highest BCUT2D eigenvalue weighted by molar-refractivity contribution is 5.49. The molecule has 2 nitrogen and oxygen atoms in total. The van der Waals surface area contributed by atoms with E-state index in [1.807, 2.05) is 6.07 Å². The third-order valence-electron chi connectivity index (χ3n) is 7.63. The molecule has 1 N–H and O–H groups in total. The minimum Gasteiger partial charge on any atom is -0.508 e. The molecule has 3 aliphatic rings. The average Bonchev–Trinajstić information content (AvgIpc) is 2.95. The summed E-state index contributed by atoms with van der Waals surface area (Å²) in [6.07, 6.45) is 5.06. The number of hydrogen-bond acceptors (Lipinski definition) is 2. The minimum absolute atomic E-state index is 0.282. The molecule has 1 aromatic rings. The maximum Gasteiger partial charge on any atom is 0.115 e. The Morgan fingerprint density at radius 1 is 1.26 bits per heavy atom. The van der Waals surface area contributed by atoms with E-state index in [0.717, 1.165) is 11.8 Å². The van der Waals surface area contributed by atoms with Crippen molar-refractivity contribution < 1.29 is 5.11 Å². The van der Waals surface area contributed by atoms with Crippen LogP contribution >= 0.6 is 0 Å². The highest BCUT2D eigenvalue weighted by Gasteiger charge is 2.66. The van der Waals surface area contributed by atoms with Gasteiger partial charge in [-0.05, 0) is 79.7 Å². The van der Waals surface area contributed by atoms with Crippen molar-refractivity contribution in [3.05, 3.63) is 29.3 Å². The van der Waals surface area contributed by atoms with Crippen molar-refractivity contribution in [2.75, 3.05) is 13.1 Å². The number of likely N-dealkylation sites (tertiary alicyclic amines) is 1. The van der Waals surface area contributed by atoms with Crippen molar-refractivity contribution >= 4 is 0 Å². The molecule has 0 amide bonds. The lowest BCUT2D eigenvalue weighted by Crippen LogP contribution is -2.62. The Kier molecular flexibility index (Phi) is 3.36. The lowest BCUT2D eigenvalue weighted by molar-refractivity contribution is -0.0519. The van der Waals surface area contributed by atoms with Crippen LogP contribution in [0.3, 0.4) is 0 Å². The van der Waals surface area contributed by atoms with Crippen LogP contribution in [-0.2, 0) is 11.8 Å². The Hall–Kier alpha value is -1.02. The number of aromatic hydroxyl groups is 1. The zero-order chi connectivity index (χ0) is 16.4. The van der Waals surface area contributed by atoms with Gasteiger partial charge in [0.2, 0.25) is 0 Å². The summed E-state index contributed by atoms with van der Waals surface area (Å²) in [5, 5.41) is 10.1. The molecule has 0 bridgehead atoms. The molecule has 0 radical (unpaired) electrons. The number of phenolic OH excluding ortho intramolecular Hbond substituents is 1. The fourth-order valence-corrected chi connectivity index (χ4v) is 6.81. The Morgan fingerprint density at radius 3 is 2.78 bits per heavy atom. The maximum absolute atomic E-state index is 10.1. The number of rotatable bonds is 2. The van der Waals surface area contributed by atoms with E-state index in [1.54, 1.807) is 0 Å². The Bertz CT molecular complexity index is 626. The van der Waals surface area contributed by atoms with Crippen molar-refractivity contribution in [2.45, 2.75) is 64.8 Å². The second kappa shape index (κ2) is 4.99. The normalized spacial score (nSPS) is 42.3. The maximum atomic E-state index is 10.1. The summed E-state index contributed by atoms with van der Waals surface area (Å²) in [6, 6.07) is 6.80. The van der Waals surface area contributed by atoms with E-state index in [9.17, 15) is 5.11 Å². The van der Waals surface area contributed by atoms with Crippen LogP contribution in [0.1, 0.15) is 58.1 Å². The van der Waals surface area contributed by atoms with Gasteiger partial charge in [0, 0.05) is 18.0 Å². The van der Waals surface area contributed by atoms with Crippen molar-refractivity contribution in [1.82, 2.24) is 4.90 Å². The van der Waals surface area contributed by atoms with Crippen molar-refractivity contribution in [3.8, 4) is 5.75 Å². The van der Waals surface area contributed by atoms with Gasteiger partial charge >= 0.3 is 0 Å². The zero-order valence-electron chi connectivity index (χ0n) is 15.1. The molecular formula is C21H31NO. The molecule has 4 rings (SSSR count). The lowest BCUT2D eigenvalue weighted by Gasteiger charge is -2.58. The number of nitrogens with zero attached hydrogens (tertiary/aromatic N) is 1. The quantitative estimate of drug-likeness (QED) is 0.877. The SMILES string of the molecule is CCCN1CC2Cc3ccc(O)cc3C23C[C@@H](C)CC3(C)C1C. The molecule has 1 spiro atoms. The van der Waals surface area contributed by atoms with Gasteiger partial charge in [0.25, 0.3) is 0 Å². The largest absolute Gasteiger partial charge is 0.508 e. The average molecular weight is 313 g/mol. The predicted molar refractivity (Wildman–Crippen MR) is 94.8 cm³/mol. The fourth-order valence-electron chi connectivity index (χ4n) is 6.81. The van der Waals surface area contributed by atoms with Gasteiger partial charge in [0.1, 0.15) is 5.75 Å². The highest BCUT2D eigenvalue weighted by Crippen LogP contribution is 2.68. The third kappa shape index (κ3) is 1.85. The van der Waals surface area contributed by atoms with E-state index in [1.165, 1.54) is 49.9 Å². The van der Waals surface area contributed by atoms with Crippen LogP contribution in [0, 0.1) is 17.3 Å². The number of fused-ring (bicyclic) bond motifs is 1. The van der Waals surface area contributed by atoms with Crippen molar-refractivity contribution in [1.29, 1.82) is 0 Å². The number of phenols is 1. The van der Waals surface area contributed by atoms with E-state index in [-0.39, 0.29) is 5.41 Å². The Labute approximate surface area is 140 Å². The van der Waals surface area contributed by atoms with Crippen LogP contribution < -0.4 is 0 Å². The van der Waals surface area contributed by atoms with Crippen LogP contribution in [0.25, 0.3) is 0 Å². The summed E-state index contributed by atoms with van der Waals surface area (Å²) < 4.78 is 0. The summed E-state index contributed by atoms with van der Waals surface area (Å²) in [4.78, 5) is 2.76. The fraction of sp³-hybridized carbons (Fsp3) is 0.714. The topological polar surface area (TPSA) is 23.5 Å². The number of piperidine rings is 1. The second-order valence-corrected chi connectivity index (χ2v) is 8.82. The van der Waals surface area contributed by atoms with Crippen LogP contribution in [-0.4, -0.2) is 29.1 Å². The molecule has 1 saturated carbocycles. The van der Waals surface area contributed by atoms with Gasteiger partial charge in [0.15, 0.2) is 0 Å². The predicted octanol–water partition coefficient (Wildman–Crippen LogP) is 4.35. The monoisotopic (exact) mass is 313 g/mol.